The van der Waals surface area contributed by atoms with Gasteiger partial charge in [-0.05, 0) is 93.1 Å². The average molecular weight is 592 g/mol. The van der Waals surface area contributed by atoms with Gasteiger partial charge in [0.1, 0.15) is 11.5 Å². The maximum Gasteiger partial charge on any atom is 0.276 e. The molecule has 3 N–H and O–H groups in total. The predicted molar refractivity (Wildman–Crippen MR) is 126 cm³/mol. The van der Waals surface area contributed by atoms with Crippen LogP contribution in [0, 0.1) is 3.57 Å². The van der Waals surface area contributed by atoms with Crippen LogP contribution in [0.2, 0.25) is 0 Å². The minimum absolute atomic E-state index is 0.0392. The zero-order chi connectivity index (χ0) is 21.4. The van der Waals surface area contributed by atoms with Crippen LogP contribution in [0.5, 0.6) is 11.5 Å². The molecule has 0 aliphatic rings. The van der Waals surface area contributed by atoms with Gasteiger partial charge in [0.05, 0.1) is 15.2 Å². The minimum atomic E-state index is -0.452. The number of methoxy groups -OCH3 is 1. The predicted octanol–water partition coefficient (Wildman–Crippen LogP) is 3.34. The molecule has 0 saturated heterocycles. The van der Waals surface area contributed by atoms with Crippen molar-refractivity contribution in [1.29, 1.82) is 0 Å². The van der Waals surface area contributed by atoms with Crippen molar-refractivity contribution in [2.24, 2.45) is 0 Å². The smallest absolute Gasteiger partial charge is 0.276 e. The Morgan fingerprint density at radius 2 is 1.86 bits per heavy atom. The summed E-state index contributed by atoms with van der Waals surface area (Å²) in [7, 11) is 1.56. The van der Waals surface area contributed by atoms with Crippen molar-refractivity contribution >= 4 is 67.7 Å². The van der Waals surface area contributed by atoms with Gasteiger partial charge in [0.2, 0.25) is 0 Å². The molecule has 10 heteroatoms. The maximum absolute atomic E-state index is 12.2. The molecule has 0 aliphatic carbocycles. The summed E-state index contributed by atoms with van der Waals surface area (Å²) in [4.78, 5) is 24.2. The van der Waals surface area contributed by atoms with Gasteiger partial charge >= 0.3 is 0 Å². The number of thiocarbonyl (C=S) groups is 1. The van der Waals surface area contributed by atoms with Gasteiger partial charge in [0.25, 0.3) is 11.8 Å². The van der Waals surface area contributed by atoms with Crippen LogP contribution in [0.3, 0.4) is 0 Å². The van der Waals surface area contributed by atoms with Crippen molar-refractivity contribution in [2.75, 3.05) is 13.7 Å². The largest absolute Gasteiger partial charge is 0.496 e. The highest BCUT2D eigenvalue weighted by Gasteiger charge is 2.11. The Bertz CT molecular complexity index is 926. The van der Waals surface area contributed by atoms with Crippen LogP contribution in [0.4, 0.5) is 0 Å². The van der Waals surface area contributed by atoms with E-state index in [1.165, 1.54) is 0 Å². The number of carbonyl (C=O) groups is 2. The highest BCUT2D eigenvalue weighted by atomic mass is 127. The number of ether oxygens (including phenoxy) is 2. The van der Waals surface area contributed by atoms with Gasteiger partial charge in [-0.1, -0.05) is 13.0 Å². The van der Waals surface area contributed by atoms with E-state index in [2.05, 4.69) is 61.6 Å². The summed E-state index contributed by atoms with van der Waals surface area (Å²) in [6, 6.07) is 10.7. The lowest BCUT2D eigenvalue weighted by Crippen LogP contribution is -2.49. The molecule has 2 aromatic carbocycles. The van der Waals surface area contributed by atoms with Gasteiger partial charge in [-0.25, -0.2) is 0 Å². The number of amides is 2. The zero-order valence-corrected chi connectivity index (χ0v) is 20.2. The van der Waals surface area contributed by atoms with Crippen molar-refractivity contribution in [2.45, 2.75) is 13.3 Å². The number of hydrogen-bond donors (Lipinski definition) is 3. The fraction of sp³-hybridized carbons (Fsp3) is 0.211. The molecule has 2 aromatic rings. The molecule has 0 radical (unpaired) electrons. The first-order chi connectivity index (χ1) is 13.8. The van der Waals surface area contributed by atoms with E-state index in [9.17, 15) is 9.59 Å². The molecule has 0 unspecified atom stereocenters. The van der Waals surface area contributed by atoms with Crippen LogP contribution in [-0.2, 0) is 11.2 Å². The third-order valence-electron chi connectivity index (χ3n) is 3.72. The van der Waals surface area contributed by atoms with Crippen molar-refractivity contribution in [3.05, 3.63) is 55.6 Å². The summed E-state index contributed by atoms with van der Waals surface area (Å²) in [5, 5.41) is 2.45. The molecule has 0 bridgehead atoms. The van der Waals surface area contributed by atoms with Gasteiger partial charge in [-0.2, -0.15) is 0 Å². The summed E-state index contributed by atoms with van der Waals surface area (Å²) in [5.41, 5.74) is 6.41. The maximum atomic E-state index is 12.2. The van der Waals surface area contributed by atoms with Crippen LogP contribution in [-0.4, -0.2) is 30.6 Å². The fourth-order valence-electron chi connectivity index (χ4n) is 2.20. The first kappa shape index (κ1) is 23.4. The monoisotopic (exact) mass is 591 g/mol. The molecule has 0 aliphatic heterocycles. The number of rotatable bonds is 6. The molecule has 0 spiro atoms. The Balaban J connectivity index is 1.79. The molecule has 0 atom stereocenters. The number of aryl methyl sites for hydroxylation is 1. The van der Waals surface area contributed by atoms with E-state index in [-0.39, 0.29) is 11.7 Å². The van der Waals surface area contributed by atoms with E-state index >= 15 is 0 Å². The third kappa shape index (κ3) is 7.12. The number of carbonyl (C=O) groups excluding carboxylic acids is 2. The standard InChI is InChI=1S/C19H19BrIN3O4S/c1-3-11-4-6-15(13(20)8-11)28-10-17(25)23-24-19(29)22-18(26)12-5-7-16(27-2)14(21)9-12/h4-9H,3,10H2,1-2H3,(H,23,25)(H2,22,24,26,29). The Hall–Kier alpha value is -1.92. The minimum Gasteiger partial charge on any atom is -0.496 e. The second kappa shape index (κ2) is 11.3. The van der Waals surface area contributed by atoms with E-state index in [1.54, 1.807) is 31.4 Å². The van der Waals surface area contributed by atoms with Gasteiger partial charge in [-0.3, -0.25) is 25.8 Å². The SMILES string of the molecule is CCc1ccc(OCC(=O)NNC(=S)NC(=O)c2ccc(OC)c(I)c2)c(Br)c1. The summed E-state index contributed by atoms with van der Waals surface area (Å²) in [6.45, 7) is 1.84. The van der Waals surface area contributed by atoms with E-state index in [4.69, 9.17) is 21.7 Å². The summed E-state index contributed by atoms with van der Waals surface area (Å²) in [5.74, 6) is 0.369. The van der Waals surface area contributed by atoms with Crippen LogP contribution in [0.15, 0.2) is 40.9 Å². The van der Waals surface area contributed by atoms with Crippen LogP contribution in [0.25, 0.3) is 0 Å². The average Bonchev–Trinajstić information content (AvgIpc) is 2.71. The highest BCUT2D eigenvalue weighted by Crippen LogP contribution is 2.26. The van der Waals surface area contributed by atoms with E-state index < -0.39 is 11.8 Å². The number of hydrogen-bond acceptors (Lipinski definition) is 5. The quantitative estimate of drug-likeness (QED) is 0.271. The molecule has 154 valence electrons. The van der Waals surface area contributed by atoms with E-state index in [1.807, 2.05) is 12.1 Å². The molecule has 2 rings (SSSR count). The zero-order valence-electron chi connectivity index (χ0n) is 15.7. The lowest BCUT2D eigenvalue weighted by molar-refractivity contribution is -0.123. The Labute approximate surface area is 196 Å². The van der Waals surface area contributed by atoms with Crippen LogP contribution in [0.1, 0.15) is 22.8 Å². The second-order valence-electron chi connectivity index (χ2n) is 5.71. The fourth-order valence-corrected chi connectivity index (χ4v) is 3.62. The molecule has 0 heterocycles. The van der Waals surface area contributed by atoms with E-state index in [0.29, 0.717) is 17.1 Å². The third-order valence-corrected chi connectivity index (χ3v) is 5.39. The number of halogens is 2. The molecule has 2 amide bonds. The summed E-state index contributed by atoms with van der Waals surface area (Å²) in [6.07, 6.45) is 0.905. The molecule has 7 nitrogen and oxygen atoms in total. The van der Waals surface area contributed by atoms with Crippen molar-refractivity contribution in [1.82, 2.24) is 16.2 Å². The summed E-state index contributed by atoms with van der Waals surface area (Å²) < 4.78 is 12.2. The lowest BCUT2D eigenvalue weighted by Gasteiger charge is -2.12. The van der Waals surface area contributed by atoms with E-state index in [0.717, 1.165) is 20.0 Å². The van der Waals surface area contributed by atoms with Gasteiger partial charge in [0, 0.05) is 5.56 Å². The number of nitrogens with one attached hydrogen (secondary N) is 3. The Morgan fingerprint density at radius 1 is 1.14 bits per heavy atom. The van der Waals surface area contributed by atoms with Gasteiger partial charge < -0.3 is 9.47 Å². The Kier molecular flexibility index (Phi) is 9.11. The molecular weight excluding hydrogens is 573 g/mol. The normalized spacial score (nSPS) is 10.1. The van der Waals surface area contributed by atoms with Crippen molar-refractivity contribution in [3.8, 4) is 11.5 Å². The van der Waals surface area contributed by atoms with Crippen molar-refractivity contribution in [3.63, 3.8) is 0 Å². The molecular formula is C19H19BrIN3O4S. The lowest BCUT2D eigenvalue weighted by atomic mass is 10.2. The Morgan fingerprint density at radius 3 is 2.48 bits per heavy atom. The second-order valence-corrected chi connectivity index (χ2v) is 8.14. The number of hydrazine groups is 1. The highest BCUT2D eigenvalue weighted by molar-refractivity contribution is 14.1. The molecule has 0 fully saturated rings. The molecule has 29 heavy (non-hydrogen) atoms. The first-order valence-corrected chi connectivity index (χ1v) is 10.8. The first-order valence-electron chi connectivity index (χ1n) is 8.49. The van der Waals surface area contributed by atoms with Gasteiger partial charge in [-0.15, -0.1) is 0 Å². The molecule has 0 aromatic heterocycles. The topological polar surface area (TPSA) is 88.7 Å². The number of benzene rings is 2. The van der Waals surface area contributed by atoms with Crippen LogP contribution >= 0.6 is 50.7 Å². The molecule has 0 saturated carbocycles. The summed E-state index contributed by atoms with van der Waals surface area (Å²) >= 11 is 10.5. The van der Waals surface area contributed by atoms with Gasteiger partial charge in [0.15, 0.2) is 11.7 Å². The van der Waals surface area contributed by atoms with Crippen molar-refractivity contribution < 1.29 is 19.1 Å². The van der Waals surface area contributed by atoms with Crippen LogP contribution < -0.4 is 25.6 Å².